The molecule has 2 rings (SSSR count). The lowest BCUT2D eigenvalue weighted by molar-refractivity contribution is 0.102. The number of nitrogens with one attached hydrogen (secondary N) is 1. The van der Waals surface area contributed by atoms with Crippen LogP contribution in [-0.2, 0) is 0 Å². The van der Waals surface area contributed by atoms with Gasteiger partial charge in [-0.1, -0.05) is 15.9 Å². The van der Waals surface area contributed by atoms with E-state index < -0.39 is 0 Å². The Kier molecular flexibility index (Phi) is 4.29. The summed E-state index contributed by atoms with van der Waals surface area (Å²) in [5.74, 6) is 0.294. The fraction of sp³-hybridized carbons (Fsp3) is 0.133. The third-order valence-corrected chi connectivity index (χ3v) is 3.43. The normalized spacial score (nSPS) is 10.2. The maximum atomic E-state index is 12.3. The second-order valence-electron chi connectivity index (χ2n) is 4.37. The Labute approximate surface area is 126 Å². The van der Waals surface area contributed by atoms with E-state index in [9.17, 15) is 4.79 Å². The highest BCUT2D eigenvalue weighted by Gasteiger charge is 2.13. The Morgan fingerprint density at radius 1 is 1.25 bits per heavy atom. The topological polar surface area (TPSA) is 64.3 Å². The van der Waals surface area contributed by atoms with Crippen LogP contribution in [0.1, 0.15) is 15.9 Å². The summed E-state index contributed by atoms with van der Waals surface area (Å²) in [6.45, 7) is 1.89. The molecule has 3 N–H and O–H groups in total. The van der Waals surface area contributed by atoms with Gasteiger partial charge >= 0.3 is 0 Å². The van der Waals surface area contributed by atoms with Crippen molar-refractivity contribution in [1.82, 2.24) is 0 Å². The molecule has 1 amide bonds. The van der Waals surface area contributed by atoms with Crippen molar-refractivity contribution in [2.75, 3.05) is 18.2 Å². The van der Waals surface area contributed by atoms with Gasteiger partial charge in [0.2, 0.25) is 0 Å². The average Bonchev–Trinajstić information content (AvgIpc) is 2.42. The molecular formula is C15H15BrN2O2. The van der Waals surface area contributed by atoms with E-state index in [1.54, 1.807) is 30.3 Å². The van der Waals surface area contributed by atoms with E-state index in [1.807, 2.05) is 13.0 Å². The first kappa shape index (κ1) is 14.4. The zero-order chi connectivity index (χ0) is 14.7. The summed E-state index contributed by atoms with van der Waals surface area (Å²) in [5.41, 5.74) is 8.55. The minimum absolute atomic E-state index is 0.224. The Morgan fingerprint density at radius 3 is 2.65 bits per heavy atom. The van der Waals surface area contributed by atoms with Crippen molar-refractivity contribution in [1.29, 1.82) is 0 Å². The molecule has 2 aromatic carbocycles. The standard InChI is InChI=1S/C15H15BrN2O2/c1-9-7-11(4-6-13(9)17)18-15(19)12-5-3-10(16)8-14(12)20-2/h3-8H,17H2,1-2H3,(H,18,19). The number of carbonyl (C=O) groups excluding carboxylic acids is 1. The van der Waals surface area contributed by atoms with Gasteiger partial charge < -0.3 is 15.8 Å². The maximum Gasteiger partial charge on any atom is 0.259 e. The highest BCUT2D eigenvalue weighted by molar-refractivity contribution is 9.10. The fourth-order valence-electron chi connectivity index (χ4n) is 1.80. The molecule has 0 radical (unpaired) electrons. The van der Waals surface area contributed by atoms with Crippen molar-refractivity contribution in [2.24, 2.45) is 0 Å². The number of nitrogens with two attached hydrogens (primary N) is 1. The lowest BCUT2D eigenvalue weighted by atomic mass is 10.1. The predicted molar refractivity (Wildman–Crippen MR) is 84.2 cm³/mol. The molecular weight excluding hydrogens is 320 g/mol. The van der Waals surface area contributed by atoms with Gasteiger partial charge in [0, 0.05) is 15.8 Å². The van der Waals surface area contributed by atoms with Crippen LogP contribution in [0.5, 0.6) is 5.75 Å². The number of hydrogen-bond donors (Lipinski definition) is 2. The number of amides is 1. The van der Waals surface area contributed by atoms with Crippen molar-refractivity contribution in [2.45, 2.75) is 6.92 Å². The van der Waals surface area contributed by atoms with E-state index in [2.05, 4.69) is 21.2 Å². The molecule has 0 aliphatic rings. The lowest BCUT2D eigenvalue weighted by Crippen LogP contribution is -2.13. The number of rotatable bonds is 3. The van der Waals surface area contributed by atoms with Gasteiger partial charge in [0.15, 0.2) is 0 Å². The molecule has 0 heterocycles. The smallest absolute Gasteiger partial charge is 0.259 e. The minimum atomic E-state index is -0.224. The third-order valence-electron chi connectivity index (χ3n) is 2.94. The number of nitrogen functional groups attached to an aromatic ring is 1. The largest absolute Gasteiger partial charge is 0.496 e. The molecule has 0 spiro atoms. The molecule has 5 heteroatoms. The highest BCUT2D eigenvalue weighted by Crippen LogP contribution is 2.25. The SMILES string of the molecule is COc1cc(Br)ccc1C(=O)Nc1ccc(N)c(C)c1. The molecule has 104 valence electrons. The predicted octanol–water partition coefficient (Wildman–Crippen LogP) is 3.60. The molecule has 0 aliphatic carbocycles. The number of ether oxygens (including phenoxy) is 1. The summed E-state index contributed by atoms with van der Waals surface area (Å²) < 4.78 is 6.07. The van der Waals surface area contributed by atoms with E-state index in [1.165, 1.54) is 7.11 Å². The molecule has 0 saturated carbocycles. The number of halogens is 1. The molecule has 0 bridgehead atoms. The quantitative estimate of drug-likeness (QED) is 0.843. The van der Waals surface area contributed by atoms with E-state index >= 15 is 0 Å². The van der Waals surface area contributed by atoms with Crippen LogP contribution in [0.4, 0.5) is 11.4 Å². The van der Waals surface area contributed by atoms with Gasteiger partial charge in [-0.3, -0.25) is 4.79 Å². The first-order valence-corrected chi connectivity index (χ1v) is 6.81. The molecule has 0 aromatic heterocycles. The van der Waals surface area contributed by atoms with Crippen LogP contribution in [0.3, 0.4) is 0 Å². The second kappa shape index (κ2) is 5.96. The summed E-state index contributed by atoms with van der Waals surface area (Å²) in [4.78, 5) is 12.3. The Balaban J connectivity index is 2.25. The van der Waals surface area contributed by atoms with Crippen molar-refractivity contribution in [3.05, 3.63) is 52.0 Å². The number of benzene rings is 2. The first-order valence-electron chi connectivity index (χ1n) is 6.02. The number of hydrogen-bond acceptors (Lipinski definition) is 3. The van der Waals surface area contributed by atoms with Gasteiger partial charge in [0.05, 0.1) is 12.7 Å². The second-order valence-corrected chi connectivity index (χ2v) is 5.29. The number of carbonyl (C=O) groups is 1. The zero-order valence-electron chi connectivity index (χ0n) is 11.2. The van der Waals surface area contributed by atoms with Crippen LogP contribution in [0.25, 0.3) is 0 Å². The summed E-state index contributed by atoms with van der Waals surface area (Å²) in [5, 5.41) is 2.83. The molecule has 20 heavy (non-hydrogen) atoms. The van der Waals surface area contributed by atoms with Gasteiger partial charge in [-0.15, -0.1) is 0 Å². The molecule has 0 saturated heterocycles. The van der Waals surface area contributed by atoms with Crippen molar-refractivity contribution >= 4 is 33.2 Å². The Bertz CT molecular complexity index is 656. The van der Waals surface area contributed by atoms with Crippen molar-refractivity contribution in [3.63, 3.8) is 0 Å². The van der Waals surface area contributed by atoms with Crippen LogP contribution in [-0.4, -0.2) is 13.0 Å². The molecule has 0 unspecified atom stereocenters. The number of anilines is 2. The number of methoxy groups -OCH3 is 1. The summed E-state index contributed by atoms with van der Waals surface area (Å²) in [6, 6.07) is 10.6. The van der Waals surface area contributed by atoms with E-state index in [-0.39, 0.29) is 5.91 Å². The van der Waals surface area contributed by atoms with Crippen LogP contribution in [0, 0.1) is 6.92 Å². The molecule has 4 nitrogen and oxygen atoms in total. The molecule has 0 atom stereocenters. The summed E-state index contributed by atoms with van der Waals surface area (Å²) >= 11 is 3.34. The van der Waals surface area contributed by atoms with Gasteiger partial charge in [-0.05, 0) is 48.9 Å². The van der Waals surface area contributed by atoms with Crippen molar-refractivity contribution < 1.29 is 9.53 Å². The van der Waals surface area contributed by atoms with Gasteiger partial charge in [-0.2, -0.15) is 0 Å². The first-order chi connectivity index (χ1) is 9.51. The summed E-state index contributed by atoms with van der Waals surface area (Å²) in [6.07, 6.45) is 0. The third kappa shape index (κ3) is 3.11. The monoisotopic (exact) mass is 334 g/mol. The lowest BCUT2D eigenvalue weighted by Gasteiger charge is -2.10. The van der Waals surface area contributed by atoms with E-state index in [0.717, 1.165) is 10.0 Å². The number of aryl methyl sites for hydroxylation is 1. The highest BCUT2D eigenvalue weighted by atomic mass is 79.9. The van der Waals surface area contributed by atoms with Crippen LogP contribution in [0.2, 0.25) is 0 Å². The van der Waals surface area contributed by atoms with Crippen molar-refractivity contribution in [3.8, 4) is 5.75 Å². The van der Waals surface area contributed by atoms with Crippen LogP contribution in [0.15, 0.2) is 40.9 Å². The average molecular weight is 335 g/mol. The molecule has 0 fully saturated rings. The zero-order valence-corrected chi connectivity index (χ0v) is 12.8. The Morgan fingerprint density at radius 2 is 2.00 bits per heavy atom. The van der Waals surface area contributed by atoms with Gasteiger partial charge in [0.1, 0.15) is 5.75 Å². The van der Waals surface area contributed by atoms with Crippen LogP contribution >= 0.6 is 15.9 Å². The summed E-state index contributed by atoms with van der Waals surface area (Å²) in [7, 11) is 1.53. The minimum Gasteiger partial charge on any atom is -0.496 e. The van der Waals surface area contributed by atoms with Gasteiger partial charge in [-0.25, -0.2) is 0 Å². The molecule has 2 aromatic rings. The molecule has 0 aliphatic heterocycles. The Hall–Kier alpha value is -2.01. The van der Waals surface area contributed by atoms with Gasteiger partial charge in [0.25, 0.3) is 5.91 Å². The fourth-order valence-corrected chi connectivity index (χ4v) is 2.14. The van der Waals surface area contributed by atoms with E-state index in [0.29, 0.717) is 22.7 Å². The van der Waals surface area contributed by atoms with E-state index in [4.69, 9.17) is 10.5 Å². The maximum absolute atomic E-state index is 12.3. The van der Waals surface area contributed by atoms with Crippen LogP contribution < -0.4 is 15.8 Å².